The molecule has 2 aromatic rings. The van der Waals surface area contributed by atoms with E-state index in [4.69, 9.17) is 0 Å². The number of hydrogen-bond donors (Lipinski definition) is 2. The number of nitrogens with zero attached hydrogens (tertiary/aromatic N) is 1. The minimum atomic E-state index is 0.0176. The summed E-state index contributed by atoms with van der Waals surface area (Å²) in [5, 5.41) is 4.07. The predicted molar refractivity (Wildman–Crippen MR) is 85.5 cm³/mol. The maximum absolute atomic E-state index is 12.4. The second kappa shape index (κ2) is 6.31. The molecule has 1 aromatic heterocycles. The van der Waals surface area contributed by atoms with Crippen LogP contribution in [0.5, 0.6) is 0 Å². The van der Waals surface area contributed by atoms with Crippen LogP contribution in [-0.2, 0) is 0 Å². The summed E-state index contributed by atoms with van der Waals surface area (Å²) in [5.74, 6) is 0.0176. The molecular formula is C17H23N3O. The van der Waals surface area contributed by atoms with E-state index in [0.29, 0.717) is 12.6 Å². The molecule has 0 spiro atoms. The van der Waals surface area contributed by atoms with Gasteiger partial charge in [-0.25, -0.2) is 0 Å². The molecule has 1 atom stereocenters. The Labute approximate surface area is 125 Å². The minimum Gasteiger partial charge on any atom is -0.361 e. The van der Waals surface area contributed by atoms with Gasteiger partial charge in [-0.15, -0.1) is 0 Å². The van der Waals surface area contributed by atoms with Gasteiger partial charge < -0.3 is 10.3 Å². The molecule has 0 saturated carbocycles. The van der Waals surface area contributed by atoms with Gasteiger partial charge in [0.2, 0.25) is 0 Å². The molecule has 1 amide bonds. The van der Waals surface area contributed by atoms with E-state index in [1.54, 1.807) is 0 Å². The summed E-state index contributed by atoms with van der Waals surface area (Å²) >= 11 is 0. The Hall–Kier alpha value is -1.81. The topological polar surface area (TPSA) is 48.1 Å². The lowest BCUT2D eigenvalue weighted by Crippen LogP contribution is -2.44. The first-order chi connectivity index (χ1) is 10.3. The summed E-state index contributed by atoms with van der Waals surface area (Å²) in [6.07, 6.45) is 5.77. The van der Waals surface area contributed by atoms with Crippen LogP contribution in [0.25, 0.3) is 10.9 Å². The van der Waals surface area contributed by atoms with Crippen molar-refractivity contribution in [3.63, 3.8) is 0 Å². The quantitative estimate of drug-likeness (QED) is 0.907. The highest BCUT2D eigenvalue weighted by Crippen LogP contribution is 2.17. The van der Waals surface area contributed by atoms with Gasteiger partial charge in [-0.05, 0) is 51.1 Å². The molecule has 21 heavy (non-hydrogen) atoms. The van der Waals surface area contributed by atoms with Crippen molar-refractivity contribution in [2.75, 3.05) is 19.6 Å². The molecule has 1 unspecified atom stereocenters. The number of aromatic amines is 1. The van der Waals surface area contributed by atoms with Crippen molar-refractivity contribution in [1.29, 1.82) is 0 Å². The van der Waals surface area contributed by atoms with Crippen LogP contribution >= 0.6 is 0 Å². The lowest BCUT2D eigenvalue weighted by atomic mass is 10.1. The fourth-order valence-electron chi connectivity index (χ4n) is 3.11. The summed E-state index contributed by atoms with van der Waals surface area (Å²) in [6.45, 7) is 5.22. The molecule has 3 rings (SSSR count). The zero-order chi connectivity index (χ0) is 14.7. The van der Waals surface area contributed by atoms with Crippen molar-refractivity contribution < 1.29 is 4.79 Å². The van der Waals surface area contributed by atoms with E-state index in [9.17, 15) is 4.79 Å². The van der Waals surface area contributed by atoms with Crippen molar-refractivity contribution in [1.82, 2.24) is 15.2 Å². The molecule has 1 saturated heterocycles. The lowest BCUT2D eigenvalue weighted by Gasteiger charge is -2.32. The van der Waals surface area contributed by atoms with Crippen molar-refractivity contribution in [2.24, 2.45) is 0 Å². The molecule has 4 nitrogen and oxygen atoms in total. The number of piperidine rings is 1. The highest BCUT2D eigenvalue weighted by atomic mass is 16.1. The highest BCUT2D eigenvalue weighted by molar-refractivity contribution is 6.06. The molecule has 1 fully saturated rings. The molecular weight excluding hydrogens is 262 g/mol. The maximum atomic E-state index is 12.4. The first-order valence-corrected chi connectivity index (χ1v) is 7.84. The second-order valence-electron chi connectivity index (χ2n) is 5.90. The number of amides is 1. The Balaban J connectivity index is 1.62. The van der Waals surface area contributed by atoms with Crippen LogP contribution in [0, 0.1) is 0 Å². The fourth-order valence-corrected chi connectivity index (χ4v) is 3.11. The van der Waals surface area contributed by atoms with Crippen LogP contribution in [0.2, 0.25) is 0 Å². The number of benzene rings is 1. The Morgan fingerprint density at radius 2 is 2.10 bits per heavy atom. The number of likely N-dealkylation sites (tertiary alicyclic amines) is 1. The highest BCUT2D eigenvalue weighted by Gasteiger charge is 2.18. The fraction of sp³-hybridized carbons (Fsp3) is 0.471. The number of fused-ring (bicyclic) bond motifs is 1. The normalized spacial score (nSPS) is 17.8. The standard InChI is InChI=1S/C17H23N3O/c1-13(20-10-3-2-4-11-20)12-19-17(21)15-6-5-7-16-14(15)8-9-18-16/h5-9,13,18H,2-4,10-12H2,1H3,(H,19,21). The lowest BCUT2D eigenvalue weighted by molar-refractivity contribution is 0.0931. The Morgan fingerprint density at radius 1 is 1.29 bits per heavy atom. The SMILES string of the molecule is CC(CNC(=O)c1cccc2[nH]ccc12)N1CCCCC1. The van der Waals surface area contributed by atoms with Gasteiger partial charge in [0.05, 0.1) is 0 Å². The zero-order valence-electron chi connectivity index (χ0n) is 12.6. The zero-order valence-corrected chi connectivity index (χ0v) is 12.6. The number of nitrogens with one attached hydrogen (secondary N) is 2. The summed E-state index contributed by atoms with van der Waals surface area (Å²) in [7, 11) is 0. The predicted octanol–water partition coefficient (Wildman–Crippen LogP) is 2.77. The first-order valence-electron chi connectivity index (χ1n) is 7.84. The van der Waals surface area contributed by atoms with Crippen LogP contribution in [0.15, 0.2) is 30.5 Å². The van der Waals surface area contributed by atoms with Gasteiger partial charge in [0, 0.05) is 35.2 Å². The van der Waals surface area contributed by atoms with Crippen LogP contribution in [0.4, 0.5) is 0 Å². The molecule has 0 bridgehead atoms. The third kappa shape index (κ3) is 3.10. The summed E-state index contributed by atoms with van der Waals surface area (Å²) < 4.78 is 0. The van der Waals surface area contributed by atoms with E-state index in [2.05, 4.69) is 22.1 Å². The molecule has 0 radical (unpaired) electrons. The number of aromatic nitrogens is 1. The van der Waals surface area contributed by atoms with E-state index in [1.807, 2.05) is 30.5 Å². The summed E-state index contributed by atoms with van der Waals surface area (Å²) in [4.78, 5) is 18.0. The molecule has 1 aliphatic rings. The van der Waals surface area contributed by atoms with Crippen LogP contribution < -0.4 is 5.32 Å². The number of hydrogen-bond acceptors (Lipinski definition) is 2. The molecule has 1 aliphatic heterocycles. The number of H-pyrrole nitrogens is 1. The molecule has 0 aliphatic carbocycles. The van der Waals surface area contributed by atoms with E-state index < -0.39 is 0 Å². The third-order valence-electron chi connectivity index (χ3n) is 4.41. The van der Waals surface area contributed by atoms with Crippen LogP contribution in [0.1, 0.15) is 36.5 Å². The maximum Gasteiger partial charge on any atom is 0.252 e. The molecule has 2 N–H and O–H groups in total. The van der Waals surface area contributed by atoms with Crippen molar-refractivity contribution in [3.05, 3.63) is 36.0 Å². The van der Waals surface area contributed by atoms with Crippen molar-refractivity contribution in [3.8, 4) is 0 Å². The smallest absolute Gasteiger partial charge is 0.252 e. The first kappa shape index (κ1) is 14.1. The van der Waals surface area contributed by atoms with Crippen molar-refractivity contribution >= 4 is 16.8 Å². The third-order valence-corrected chi connectivity index (χ3v) is 4.41. The van der Waals surface area contributed by atoms with Gasteiger partial charge in [0.1, 0.15) is 0 Å². The van der Waals surface area contributed by atoms with Gasteiger partial charge in [-0.1, -0.05) is 12.5 Å². The van der Waals surface area contributed by atoms with Gasteiger partial charge in [0.25, 0.3) is 5.91 Å². The van der Waals surface area contributed by atoms with E-state index in [-0.39, 0.29) is 5.91 Å². The molecule has 4 heteroatoms. The Kier molecular flexibility index (Phi) is 4.25. The average Bonchev–Trinajstić information content (AvgIpc) is 3.01. The monoisotopic (exact) mass is 285 g/mol. The Bertz CT molecular complexity index is 613. The van der Waals surface area contributed by atoms with E-state index >= 15 is 0 Å². The van der Waals surface area contributed by atoms with E-state index in [1.165, 1.54) is 19.3 Å². The molecule has 2 heterocycles. The molecule has 112 valence electrons. The minimum absolute atomic E-state index is 0.0176. The summed E-state index contributed by atoms with van der Waals surface area (Å²) in [5.41, 5.74) is 1.76. The number of rotatable bonds is 4. The van der Waals surface area contributed by atoms with Gasteiger partial charge in [-0.2, -0.15) is 0 Å². The Morgan fingerprint density at radius 3 is 2.90 bits per heavy atom. The van der Waals surface area contributed by atoms with Crippen LogP contribution in [0.3, 0.4) is 0 Å². The van der Waals surface area contributed by atoms with Gasteiger partial charge >= 0.3 is 0 Å². The number of carbonyl (C=O) groups is 1. The van der Waals surface area contributed by atoms with E-state index in [0.717, 1.165) is 29.6 Å². The average molecular weight is 285 g/mol. The van der Waals surface area contributed by atoms with Gasteiger partial charge in [-0.3, -0.25) is 9.69 Å². The van der Waals surface area contributed by atoms with Crippen LogP contribution in [-0.4, -0.2) is 41.5 Å². The summed E-state index contributed by atoms with van der Waals surface area (Å²) in [6, 6.07) is 8.15. The largest absolute Gasteiger partial charge is 0.361 e. The van der Waals surface area contributed by atoms with Crippen molar-refractivity contribution in [2.45, 2.75) is 32.2 Å². The molecule has 1 aromatic carbocycles. The number of carbonyl (C=O) groups excluding carboxylic acids is 1. The van der Waals surface area contributed by atoms with Gasteiger partial charge in [0.15, 0.2) is 0 Å². The second-order valence-corrected chi connectivity index (χ2v) is 5.90.